The number of likely N-dealkylation sites (tertiary alicyclic amines) is 1. The lowest BCUT2D eigenvalue weighted by molar-refractivity contribution is 0.0201. The summed E-state index contributed by atoms with van der Waals surface area (Å²) in [6.07, 6.45) is 2.55. The molecule has 0 aromatic heterocycles. The van der Waals surface area contributed by atoms with Gasteiger partial charge in [-0.05, 0) is 64.2 Å². The molecule has 2 heterocycles. The molecule has 6 nitrogen and oxygen atoms in total. The van der Waals surface area contributed by atoms with Crippen LogP contribution in [-0.2, 0) is 9.47 Å². The van der Waals surface area contributed by atoms with Gasteiger partial charge in [-0.25, -0.2) is 9.79 Å². The molecule has 2 aliphatic rings. The maximum Gasteiger partial charge on any atom is 0.410 e. The average Bonchev–Trinajstić information content (AvgIpc) is 3.26. The highest BCUT2D eigenvalue weighted by Gasteiger charge is 2.29. The van der Waals surface area contributed by atoms with Gasteiger partial charge < -0.3 is 14.4 Å². The molecule has 0 aliphatic carbocycles. The number of amidine groups is 1. The molecule has 1 amide bonds. The number of hydrogen-bond acceptors (Lipinski definition) is 4. The van der Waals surface area contributed by atoms with Gasteiger partial charge in [0.2, 0.25) is 0 Å². The third kappa shape index (κ3) is 5.91. The molecule has 2 aliphatic heterocycles. The zero-order chi connectivity index (χ0) is 21.7. The fourth-order valence-electron chi connectivity index (χ4n) is 4.02. The first kappa shape index (κ1) is 22.5. The van der Waals surface area contributed by atoms with Crippen LogP contribution in [0.25, 0.3) is 0 Å². The number of hydrogen-bond donors (Lipinski definition) is 0. The van der Waals surface area contributed by atoms with E-state index in [4.69, 9.17) is 14.5 Å². The Morgan fingerprint density at radius 1 is 1.20 bits per heavy atom. The predicted octanol–water partition coefficient (Wildman–Crippen LogP) is 4.67. The van der Waals surface area contributed by atoms with Crippen LogP contribution in [0.4, 0.5) is 4.79 Å². The van der Waals surface area contributed by atoms with Gasteiger partial charge in [0.15, 0.2) is 0 Å². The molecule has 3 rings (SSSR count). The summed E-state index contributed by atoms with van der Waals surface area (Å²) >= 11 is 0. The highest BCUT2D eigenvalue weighted by atomic mass is 16.6. The van der Waals surface area contributed by atoms with E-state index < -0.39 is 5.60 Å². The molecule has 1 aromatic rings. The van der Waals surface area contributed by atoms with Gasteiger partial charge in [0.05, 0.1) is 6.61 Å². The number of aliphatic imine (C=N–C) groups is 2. The summed E-state index contributed by atoms with van der Waals surface area (Å²) in [6.45, 7) is 10.7. The van der Waals surface area contributed by atoms with Crippen molar-refractivity contribution >= 4 is 17.6 Å². The van der Waals surface area contributed by atoms with Crippen LogP contribution < -0.4 is 0 Å². The van der Waals surface area contributed by atoms with Crippen LogP contribution in [0.15, 0.2) is 34.3 Å². The quantitative estimate of drug-likeness (QED) is 0.534. The molecule has 30 heavy (non-hydrogen) atoms. The van der Waals surface area contributed by atoms with Crippen LogP contribution in [0.5, 0.6) is 0 Å². The molecule has 0 saturated carbocycles. The SMILES string of the molecule is CN=C(N=C(C)c1cccc([C@H]2CCOC2)c1)C1CCN(C(=O)OC(C)(C)C)CC1. The van der Waals surface area contributed by atoms with Crippen molar-refractivity contribution in [2.24, 2.45) is 15.9 Å². The Bertz CT molecular complexity index is 796. The number of nitrogens with zero attached hydrogens (tertiary/aromatic N) is 3. The van der Waals surface area contributed by atoms with Crippen LogP contribution in [-0.4, -0.2) is 61.5 Å². The predicted molar refractivity (Wildman–Crippen MR) is 121 cm³/mol. The molecule has 1 atom stereocenters. The van der Waals surface area contributed by atoms with Gasteiger partial charge in [-0.1, -0.05) is 18.2 Å². The van der Waals surface area contributed by atoms with Crippen molar-refractivity contribution in [1.29, 1.82) is 0 Å². The van der Waals surface area contributed by atoms with E-state index in [1.165, 1.54) is 5.56 Å². The van der Waals surface area contributed by atoms with E-state index in [1.807, 2.05) is 27.7 Å². The number of amides is 1. The number of carbonyl (C=O) groups is 1. The lowest BCUT2D eigenvalue weighted by atomic mass is 9.94. The summed E-state index contributed by atoms with van der Waals surface area (Å²) in [5.74, 6) is 1.61. The summed E-state index contributed by atoms with van der Waals surface area (Å²) in [6, 6.07) is 8.62. The van der Waals surface area contributed by atoms with Gasteiger partial charge in [-0.2, -0.15) is 0 Å². The Morgan fingerprint density at radius 3 is 2.53 bits per heavy atom. The zero-order valence-electron chi connectivity index (χ0n) is 19.0. The van der Waals surface area contributed by atoms with Crippen molar-refractivity contribution < 1.29 is 14.3 Å². The standard InChI is InChI=1S/C24H35N3O3/c1-17(19-7-6-8-20(15-19)21-11-14-29-16-21)26-22(25-5)18-9-12-27(13-10-18)23(28)30-24(2,3)4/h6-8,15,18,21H,9-14,16H2,1-5H3/t21-/m0/s1. The Balaban J connectivity index is 1.63. The van der Waals surface area contributed by atoms with E-state index in [1.54, 1.807) is 11.9 Å². The van der Waals surface area contributed by atoms with Gasteiger partial charge >= 0.3 is 6.09 Å². The van der Waals surface area contributed by atoms with E-state index in [2.05, 4.69) is 29.3 Å². The highest BCUT2D eigenvalue weighted by Crippen LogP contribution is 2.26. The van der Waals surface area contributed by atoms with Crippen molar-refractivity contribution in [3.05, 3.63) is 35.4 Å². The largest absolute Gasteiger partial charge is 0.444 e. The molecule has 2 saturated heterocycles. The van der Waals surface area contributed by atoms with Crippen LogP contribution in [0, 0.1) is 5.92 Å². The van der Waals surface area contributed by atoms with Crippen molar-refractivity contribution in [2.45, 2.75) is 58.5 Å². The Kier molecular flexibility index (Phi) is 7.29. The molecule has 6 heteroatoms. The first-order valence-electron chi connectivity index (χ1n) is 10.9. The third-order valence-corrected chi connectivity index (χ3v) is 5.73. The summed E-state index contributed by atoms with van der Waals surface area (Å²) < 4.78 is 11.0. The van der Waals surface area contributed by atoms with Crippen LogP contribution >= 0.6 is 0 Å². The summed E-state index contributed by atoms with van der Waals surface area (Å²) in [5.41, 5.74) is 2.96. The molecule has 2 fully saturated rings. The van der Waals surface area contributed by atoms with Gasteiger partial charge in [0.25, 0.3) is 0 Å². The number of carbonyl (C=O) groups excluding carboxylic acids is 1. The summed E-state index contributed by atoms with van der Waals surface area (Å²) in [4.78, 5) is 23.5. The van der Waals surface area contributed by atoms with Crippen molar-refractivity contribution in [3.8, 4) is 0 Å². The topological polar surface area (TPSA) is 63.5 Å². The van der Waals surface area contributed by atoms with Gasteiger partial charge in [-0.3, -0.25) is 4.99 Å². The van der Waals surface area contributed by atoms with Gasteiger partial charge in [0.1, 0.15) is 11.4 Å². The molecule has 164 valence electrons. The lowest BCUT2D eigenvalue weighted by Gasteiger charge is -2.33. The zero-order valence-corrected chi connectivity index (χ0v) is 19.0. The minimum atomic E-state index is -0.468. The second-order valence-corrected chi connectivity index (χ2v) is 9.21. The van der Waals surface area contributed by atoms with Crippen LogP contribution in [0.1, 0.15) is 64.0 Å². The van der Waals surface area contributed by atoms with E-state index in [-0.39, 0.29) is 12.0 Å². The van der Waals surface area contributed by atoms with E-state index in [0.717, 1.165) is 49.6 Å². The van der Waals surface area contributed by atoms with E-state index >= 15 is 0 Å². The first-order chi connectivity index (χ1) is 14.3. The Morgan fingerprint density at radius 2 is 1.93 bits per heavy atom. The van der Waals surface area contributed by atoms with E-state index in [9.17, 15) is 4.79 Å². The van der Waals surface area contributed by atoms with E-state index in [0.29, 0.717) is 19.0 Å². The lowest BCUT2D eigenvalue weighted by Crippen LogP contribution is -2.42. The normalized spacial score (nSPS) is 21.8. The van der Waals surface area contributed by atoms with Crippen molar-refractivity contribution in [1.82, 2.24) is 4.90 Å². The minimum absolute atomic E-state index is 0.233. The highest BCUT2D eigenvalue weighted by molar-refractivity contribution is 6.06. The van der Waals surface area contributed by atoms with Crippen LogP contribution in [0.2, 0.25) is 0 Å². The van der Waals surface area contributed by atoms with Crippen LogP contribution in [0.3, 0.4) is 0 Å². The molecule has 0 unspecified atom stereocenters. The smallest absolute Gasteiger partial charge is 0.410 e. The monoisotopic (exact) mass is 413 g/mol. The van der Waals surface area contributed by atoms with Gasteiger partial charge in [-0.15, -0.1) is 0 Å². The fraction of sp³-hybridized carbons (Fsp3) is 0.625. The fourth-order valence-corrected chi connectivity index (χ4v) is 4.02. The van der Waals surface area contributed by atoms with Gasteiger partial charge in [0, 0.05) is 44.3 Å². The first-order valence-corrected chi connectivity index (χ1v) is 10.9. The Labute approximate surface area is 180 Å². The second kappa shape index (κ2) is 9.73. The maximum absolute atomic E-state index is 12.3. The second-order valence-electron chi connectivity index (χ2n) is 9.21. The molecule has 0 spiro atoms. The molecule has 1 aromatic carbocycles. The number of rotatable bonds is 3. The Hall–Kier alpha value is -2.21. The minimum Gasteiger partial charge on any atom is -0.444 e. The average molecular weight is 414 g/mol. The molecule has 0 radical (unpaired) electrons. The number of ether oxygens (including phenoxy) is 2. The molecule has 0 bridgehead atoms. The summed E-state index contributed by atoms with van der Waals surface area (Å²) in [7, 11) is 1.80. The summed E-state index contributed by atoms with van der Waals surface area (Å²) in [5, 5.41) is 0. The maximum atomic E-state index is 12.3. The van der Waals surface area contributed by atoms with Crippen molar-refractivity contribution in [2.75, 3.05) is 33.4 Å². The van der Waals surface area contributed by atoms with Crippen molar-refractivity contribution in [3.63, 3.8) is 0 Å². The third-order valence-electron chi connectivity index (χ3n) is 5.73. The number of benzene rings is 1. The molecular weight excluding hydrogens is 378 g/mol. The molecule has 0 N–H and O–H groups in total. The molecular formula is C24H35N3O3. The number of piperidine rings is 1.